The van der Waals surface area contributed by atoms with Crippen LogP contribution in [-0.4, -0.2) is 46.1 Å². The molecule has 0 aromatic heterocycles. The van der Waals surface area contributed by atoms with Crippen LogP contribution in [0.5, 0.6) is 0 Å². The highest BCUT2D eigenvalue weighted by atomic mass is 32.2. The van der Waals surface area contributed by atoms with Crippen molar-refractivity contribution < 1.29 is 17.9 Å². The van der Waals surface area contributed by atoms with Crippen molar-refractivity contribution in [3.8, 4) is 0 Å². The van der Waals surface area contributed by atoms with E-state index in [0.717, 1.165) is 18.8 Å². The van der Waals surface area contributed by atoms with Crippen molar-refractivity contribution in [2.75, 3.05) is 31.2 Å². The van der Waals surface area contributed by atoms with E-state index in [2.05, 4.69) is 9.89 Å². The van der Waals surface area contributed by atoms with Crippen LogP contribution in [0, 0.1) is 0 Å². The molecule has 1 aromatic rings. The second-order valence-corrected chi connectivity index (χ2v) is 7.52. The van der Waals surface area contributed by atoms with Crippen molar-refractivity contribution in [1.82, 2.24) is 0 Å². The molecule has 0 aliphatic carbocycles. The largest absolute Gasteiger partial charge is 0.378 e. The monoisotopic (exact) mass is 310 g/mol. The van der Waals surface area contributed by atoms with Gasteiger partial charge in [-0.2, -0.15) is 4.99 Å². The van der Waals surface area contributed by atoms with Gasteiger partial charge in [0.1, 0.15) is 0 Å². The maximum absolute atomic E-state index is 12.3. The molecule has 0 spiro atoms. The Balaban J connectivity index is 2.47. The molecule has 1 fully saturated rings. The number of hydrogen-bond acceptors (Lipinski definition) is 6. The summed E-state index contributed by atoms with van der Waals surface area (Å²) in [5, 5.41) is -0.577. The van der Waals surface area contributed by atoms with Gasteiger partial charge in [0.25, 0.3) is 0 Å². The summed E-state index contributed by atoms with van der Waals surface area (Å²) in [7, 11) is -3.49. The molecule has 21 heavy (non-hydrogen) atoms. The third-order valence-corrected chi connectivity index (χ3v) is 5.61. The SMILES string of the molecule is CC(C)S(=O)(=O)c1ccc(N2CCOCC2)cc1N=C=O. The number of carbonyl (C=O) groups excluding carboxylic acids is 1. The first-order valence-corrected chi connectivity index (χ1v) is 8.30. The molecule has 0 amide bonds. The van der Waals surface area contributed by atoms with Gasteiger partial charge in [0, 0.05) is 18.8 Å². The van der Waals surface area contributed by atoms with Gasteiger partial charge >= 0.3 is 0 Å². The number of rotatable bonds is 4. The molecule has 0 radical (unpaired) electrons. The molecule has 1 aliphatic rings. The van der Waals surface area contributed by atoms with Crippen molar-refractivity contribution in [2.24, 2.45) is 4.99 Å². The van der Waals surface area contributed by atoms with E-state index in [1.165, 1.54) is 12.1 Å². The van der Waals surface area contributed by atoms with Crippen LogP contribution in [0.25, 0.3) is 0 Å². The Bertz CT molecular complexity index is 658. The average Bonchev–Trinajstić information content (AvgIpc) is 2.48. The number of ether oxygens (including phenoxy) is 1. The van der Waals surface area contributed by atoms with Crippen LogP contribution >= 0.6 is 0 Å². The van der Waals surface area contributed by atoms with Crippen LogP contribution in [0.3, 0.4) is 0 Å². The maximum atomic E-state index is 12.3. The Labute approximate surface area is 124 Å². The summed E-state index contributed by atoms with van der Waals surface area (Å²) in [6.07, 6.45) is 1.43. The van der Waals surface area contributed by atoms with Gasteiger partial charge in [-0.05, 0) is 32.0 Å². The molecule has 114 valence electrons. The summed E-state index contributed by atoms with van der Waals surface area (Å²) < 4.78 is 29.9. The summed E-state index contributed by atoms with van der Waals surface area (Å²) in [5.74, 6) is 0. The van der Waals surface area contributed by atoms with Crippen molar-refractivity contribution in [1.29, 1.82) is 0 Å². The fourth-order valence-electron chi connectivity index (χ4n) is 2.16. The van der Waals surface area contributed by atoms with E-state index in [9.17, 15) is 13.2 Å². The molecular weight excluding hydrogens is 292 g/mol. The first-order valence-electron chi connectivity index (χ1n) is 6.75. The lowest BCUT2D eigenvalue weighted by Crippen LogP contribution is -2.36. The molecule has 0 saturated carbocycles. The van der Waals surface area contributed by atoms with E-state index in [0.29, 0.717) is 13.2 Å². The minimum atomic E-state index is -3.49. The van der Waals surface area contributed by atoms with Crippen molar-refractivity contribution in [2.45, 2.75) is 24.0 Å². The molecule has 0 atom stereocenters. The standard InChI is InChI=1S/C14H18N2O4S/c1-11(2)21(18,19)14-4-3-12(9-13(14)15-10-17)16-5-7-20-8-6-16/h3-4,9,11H,5-8H2,1-2H3. The highest BCUT2D eigenvalue weighted by molar-refractivity contribution is 7.92. The highest BCUT2D eigenvalue weighted by Crippen LogP contribution is 2.31. The van der Waals surface area contributed by atoms with Crippen LogP contribution in [-0.2, 0) is 19.4 Å². The molecular formula is C14H18N2O4S. The van der Waals surface area contributed by atoms with E-state index < -0.39 is 15.1 Å². The first kappa shape index (κ1) is 15.7. The maximum Gasteiger partial charge on any atom is 0.240 e. The number of isocyanates is 1. The third-order valence-electron chi connectivity index (χ3n) is 3.41. The molecule has 0 N–H and O–H groups in total. The molecule has 2 rings (SSSR count). The van der Waals surface area contributed by atoms with Gasteiger partial charge in [-0.15, -0.1) is 0 Å². The molecule has 0 bridgehead atoms. The molecule has 7 heteroatoms. The zero-order chi connectivity index (χ0) is 15.5. The number of benzene rings is 1. The fourth-order valence-corrected chi connectivity index (χ4v) is 3.32. The van der Waals surface area contributed by atoms with Crippen molar-refractivity contribution in [3.63, 3.8) is 0 Å². The van der Waals surface area contributed by atoms with Crippen LogP contribution in [0.2, 0.25) is 0 Å². The lowest BCUT2D eigenvalue weighted by atomic mass is 10.2. The van der Waals surface area contributed by atoms with Crippen molar-refractivity contribution >= 4 is 27.3 Å². The molecule has 1 aromatic carbocycles. The number of morpholine rings is 1. The van der Waals surface area contributed by atoms with Gasteiger partial charge in [0.2, 0.25) is 6.08 Å². The normalized spacial score (nSPS) is 15.9. The Hall–Kier alpha value is -1.69. The summed E-state index contributed by atoms with van der Waals surface area (Å²) in [6, 6.07) is 4.87. The third kappa shape index (κ3) is 3.32. The molecule has 1 saturated heterocycles. The number of aliphatic imine (C=N–C) groups is 1. The van der Waals surface area contributed by atoms with E-state index in [1.807, 2.05) is 0 Å². The van der Waals surface area contributed by atoms with Crippen LogP contribution in [0.4, 0.5) is 11.4 Å². The number of sulfone groups is 1. The van der Waals surface area contributed by atoms with Gasteiger partial charge in [-0.1, -0.05) is 0 Å². The Kier molecular flexibility index (Phi) is 4.77. The predicted molar refractivity (Wildman–Crippen MR) is 79.6 cm³/mol. The van der Waals surface area contributed by atoms with Crippen LogP contribution in [0.15, 0.2) is 28.1 Å². The van der Waals surface area contributed by atoms with E-state index in [1.54, 1.807) is 26.0 Å². The van der Waals surface area contributed by atoms with Gasteiger partial charge in [-0.3, -0.25) is 0 Å². The zero-order valence-corrected chi connectivity index (χ0v) is 12.9. The Morgan fingerprint density at radius 2 is 1.95 bits per heavy atom. The van der Waals surface area contributed by atoms with Crippen LogP contribution < -0.4 is 4.90 Å². The Morgan fingerprint density at radius 3 is 2.52 bits per heavy atom. The van der Waals surface area contributed by atoms with Gasteiger partial charge < -0.3 is 9.64 Å². The van der Waals surface area contributed by atoms with Gasteiger partial charge in [0.15, 0.2) is 9.84 Å². The van der Waals surface area contributed by atoms with E-state index in [-0.39, 0.29) is 10.6 Å². The van der Waals surface area contributed by atoms with Crippen LogP contribution in [0.1, 0.15) is 13.8 Å². The van der Waals surface area contributed by atoms with E-state index in [4.69, 9.17) is 4.74 Å². The van der Waals surface area contributed by atoms with E-state index >= 15 is 0 Å². The minimum absolute atomic E-state index is 0.0675. The molecule has 6 nitrogen and oxygen atoms in total. The molecule has 1 aliphatic heterocycles. The van der Waals surface area contributed by atoms with Crippen molar-refractivity contribution in [3.05, 3.63) is 18.2 Å². The quantitative estimate of drug-likeness (QED) is 0.624. The number of hydrogen-bond donors (Lipinski definition) is 0. The average molecular weight is 310 g/mol. The van der Waals surface area contributed by atoms with Gasteiger partial charge in [-0.25, -0.2) is 13.2 Å². The summed E-state index contributed by atoms with van der Waals surface area (Å²) in [6.45, 7) is 5.89. The fraction of sp³-hybridized carbons (Fsp3) is 0.500. The predicted octanol–water partition coefficient (Wildman–Crippen LogP) is 1.67. The lowest BCUT2D eigenvalue weighted by molar-refractivity contribution is 0.122. The second-order valence-electron chi connectivity index (χ2n) is 5.05. The highest BCUT2D eigenvalue weighted by Gasteiger charge is 2.24. The minimum Gasteiger partial charge on any atom is -0.378 e. The second kappa shape index (κ2) is 6.39. The smallest absolute Gasteiger partial charge is 0.240 e. The summed E-state index contributed by atoms with van der Waals surface area (Å²) >= 11 is 0. The first-order chi connectivity index (χ1) is 9.96. The number of nitrogens with zero attached hydrogens (tertiary/aromatic N) is 2. The topological polar surface area (TPSA) is 76.0 Å². The summed E-state index contributed by atoms with van der Waals surface area (Å²) in [5.41, 5.74) is 0.970. The Morgan fingerprint density at radius 1 is 1.29 bits per heavy atom. The number of anilines is 1. The lowest BCUT2D eigenvalue weighted by Gasteiger charge is -2.29. The zero-order valence-electron chi connectivity index (χ0n) is 12.1. The summed E-state index contributed by atoms with van der Waals surface area (Å²) in [4.78, 5) is 16.3. The van der Waals surface area contributed by atoms with Gasteiger partial charge in [0.05, 0.1) is 29.0 Å². The molecule has 1 heterocycles. The molecule has 0 unspecified atom stereocenters.